The van der Waals surface area contributed by atoms with Crippen LogP contribution in [0.15, 0.2) is 92.5 Å². The zero-order valence-electron chi connectivity index (χ0n) is 16.0. The second kappa shape index (κ2) is 7.58. The van der Waals surface area contributed by atoms with Crippen LogP contribution in [0.3, 0.4) is 0 Å². The number of para-hydroxylation sites is 1. The van der Waals surface area contributed by atoms with E-state index in [4.69, 9.17) is 4.42 Å². The summed E-state index contributed by atoms with van der Waals surface area (Å²) in [5, 5.41) is 0.494. The van der Waals surface area contributed by atoms with Gasteiger partial charge in [-0.1, -0.05) is 70.5 Å². The average molecular weight is 460 g/mol. The van der Waals surface area contributed by atoms with Gasteiger partial charge in [-0.05, 0) is 41.8 Å². The van der Waals surface area contributed by atoms with Gasteiger partial charge in [-0.15, -0.1) is 0 Å². The summed E-state index contributed by atoms with van der Waals surface area (Å²) in [4.78, 5) is 28.5. The first-order valence-electron chi connectivity index (χ1n) is 9.79. The molecule has 1 aromatic heterocycles. The quantitative estimate of drug-likeness (QED) is 0.413. The van der Waals surface area contributed by atoms with Gasteiger partial charge >= 0.3 is 0 Å². The molecule has 0 saturated heterocycles. The Hall–Kier alpha value is -3.18. The molecule has 1 amide bonds. The number of rotatable bonds is 4. The van der Waals surface area contributed by atoms with Crippen LogP contribution in [0.1, 0.15) is 33.3 Å². The van der Waals surface area contributed by atoms with Gasteiger partial charge in [0.25, 0.3) is 5.91 Å². The van der Waals surface area contributed by atoms with E-state index in [0.717, 1.165) is 15.6 Å². The Morgan fingerprint density at radius 3 is 2.47 bits per heavy atom. The molecule has 1 aliphatic heterocycles. The van der Waals surface area contributed by atoms with Crippen LogP contribution in [0.4, 0.5) is 0 Å². The molecule has 1 aliphatic rings. The predicted octanol–water partition coefficient (Wildman–Crippen LogP) is 5.34. The molecule has 1 atom stereocenters. The molecule has 5 heteroatoms. The largest absolute Gasteiger partial charge is 0.450 e. The van der Waals surface area contributed by atoms with Gasteiger partial charge in [-0.2, -0.15) is 0 Å². The Kier molecular flexibility index (Phi) is 4.75. The fourth-order valence-electron chi connectivity index (χ4n) is 4.12. The van der Waals surface area contributed by atoms with Crippen molar-refractivity contribution < 1.29 is 9.21 Å². The average Bonchev–Trinajstić information content (AvgIpc) is 3.05. The Morgan fingerprint density at radius 1 is 0.900 bits per heavy atom. The van der Waals surface area contributed by atoms with E-state index in [1.54, 1.807) is 23.1 Å². The lowest BCUT2D eigenvalue weighted by atomic mass is 9.98. The summed E-state index contributed by atoms with van der Waals surface area (Å²) in [7, 11) is 0. The molecule has 5 rings (SSSR count). The van der Waals surface area contributed by atoms with Crippen molar-refractivity contribution in [3.8, 4) is 0 Å². The molecule has 4 nitrogen and oxygen atoms in total. The zero-order chi connectivity index (χ0) is 20.7. The van der Waals surface area contributed by atoms with E-state index in [1.807, 2.05) is 60.7 Å². The van der Waals surface area contributed by atoms with Gasteiger partial charge in [0.1, 0.15) is 5.58 Å². The Bertz CT molecular complexity index is 1310. The molecule has 148 valence electrons. The minimum atomic E-state index is -0.477. The zero-order valence-corrected chi connectivity index (χ0v) is 17.6. The number of benzene rings is 3. The van der Waals surface area contributed by atoms with Crippen LogP contribution in [0.5, 0.6) is 0 Å². The third-order valence-corrected chi connectivity index (χ3v) is 6.02. The Balaban J connectivity index is 1.66. The number of fused-ring (bicyclic) bond motifs is 2. The molecule has 0 N–H and O–H groups in total. The Labute approximate surface area is 181 Å². The smallest absolute Gasteiger partial charge is 0.290 e. The summed E-state index contributed by atoms with van der Waals surface area (Å²) >= 11 is 3.51. The van der Waals surface area contributed by atoms with E-state index < -0.39 is 6.04 Å². The number of hydrogen-bond donors (Lipinski definition) is 0. The van der Waals surface area contributed by atoms with Gasteiger partial charge in [-0.25, -0.2) is 0 Å². The van der Waals surface area contributed by atoms with E-state index in [2.05, 4.69) is 15.9 Å². The van der Waals surface area contributed by atoms with Gasteiger partial charge in [-0.3, -0.25) is 9.59 Å². The van der Waals surface area contributed by atoms with Crippen molar-refractivity contribution in [2.45, 2.75) is 12.5 Å². The summed E-state index contributed by atoms with van der Waals surface area (Å²) in [6, 6.07) is 24.4. The van der Waals surface area contributed by atoms with E-state index in [1.165, 1.54) is 0 Å². The van der Waals surface area contributed by atoms with Crippen LogP contribution >= 0.6 is 15.9 Å². The van der Waals surface area contributed by atoms with Crippen LogP contribution < -0.4 is 5.43 Å². The third-order valence-electron chi connectivity index (χ3n) is 5.52. The topological polar surface area (TPSA) is 50.5 Å². The molecule has 0 unspecified atom stereocenters. The number of hydrogen-bond acceptors (Lipinski definition) is 3. The highest BCUT2D eigenvalue weighted by atomic mass is 79.9. The molecular weight excluding hydrogens is 442 g/mol. The van der Waals surface area contributed by atoms with Crippen molar-refractivity contribution in [3.05, 3.63) is 116 Å². The lowest BCUT2D eigenvalue weighted by molar-refractivity contribution is 0.0730. The lowest BCUT2D eigenvalue weighted by Gasteiger charge is -2.25. The highest BCUT2D eigenvalue weighted by Crippen LogP contribution is 2.38. The fourth-order valence-corrected chi connectivity index (χ4v) is 4.53. The number of amides is 1. The molecule has 2 heterocycles. The SMILES string of the molecule is O=C1c2oc3ccccc3c(=O)c2[C@@H](c2cccc(Br)c2)N1CCc1ccccc1. The molecular formula is C25H18BrNO3. The van der Waals surface area contributed by atoms with Gasteiger partial charge in [0.2, 0.25) is 5.76 Å². The van der Waals surface area contributed by atoms with Crippen molar-refractivity contribution in [1.29, 1.82) is 0 Å². The Morgan fingerprint density at radius 2 is 1.67 bits per heavy atom. The van der Waals surface area contributed by atoms with Crippen LogP contribution in [0, 0.1) is 0 Å². The van der Waals surface area contributed by atoms with Crippen LogP contribution in [0.2, 0.25) is 0 Å². The lowest BCUT2D eigenvalue weighted by Crippen LogP contribution is -2.31. The summed E-state index contributed by atoms with van der Waals surface area (Å²) in [5.74, 6) is -0.0921. The maximum absolute atomic E-state index is 13.4. The standard InChI is InChI=1S/C25H18BrNO3/c26-18-10-6-9-17(15-18)22-21-23(28)19-11-4-5-12-20(19)30-24(21)25(29)27(22)14-13-16-7-2-1-3-8-16/h1-12,15,22H,13-14H2/t22-/m1/s1. The molecule has 0 fully saturated rings. The summed E-state index contributed by atoms with van der Waals surface area (Å²) in [5.41, 5.74) is 2.73. The highest BCUT2D eigenvalue weighted by molar-refractivity contribution is 9.10. The van der Waals surface area contributed by atoms with Crippen molar-refractivity contribution >= 4 is 32.8 Å². The van der Waals surface area contributed by atoms with Gasteiger partial charge < -0.3 is 9.32 Å². The van der Waals surface area contributed by atoms with E-state index in [-0.39, 0.29) is 17.1 Å². The van der Waals surface area contributed by atoms with E-state index >= 15 is 0 Å². The summed E-state index contributed by atoms with van der Waals surface area (Å²) < 4.78 is 6.86. The van der Waals surface area contributed by atoms with Gasteiger partial charge in [0, 0.05) is 11.0 Å². The summed E-state index contributed by atoms with van der Waals surface area (Å²) in [6.45, 7) is 0.486. The first kappa shape index (κ1) is 18.8. The maximum atomic E-state index is 13.4. The van der Waals surface area contributed by atoms with Crippen molar-refractivity contribution in [3.63, 3.8) is 0 Å². The number of nitrogens with zero attached hydrogens (tertiary/aromatic N) is 1. The first-order valence-corrected chi connectivity index (χ1v) is 10.6. The van der Waals surface area contributed by atoms with Gasteiger partial charge in [0.05, 0.1) is 17.0 Å². The van der Waals surface area contributed by atoms with Crippen LogP contribution in [-0.4, -0.2) is 17.4 Å². The monoisotopic (exact) mass is 459 g/mol. The highest BCUT2D eigenvalue weighted by Gasteiger charge is 2.42. The molecule has 4 aromatic rings. The van der Waals surface area contributed by atoms with E-state index in [9.17, 15) is 9.59 Å². The molecule has 30 heavy (non-hydrogen) atoms. The number of halogens is 1. The van der Waals surface area contributed by atoms with Crippen molar-refractivity contribution in [2.24, 2.45) is 0 Å². The molecule has 0 radical (unpaired) electrons. The fraction of sp³-hybridized carbons (Fsp3) is 0.120. The molecule has 0 bridgehead atoms. The van der Waals surface area contributed by atoms with Gasteiger partial charge in [0.15, 0.2) is 5.43 Å². The normalized spacial score (nSPS) is 15.6. The second-order valence-electron chi connectivity index (χ2n) is 7.36. The number of carbonyl (C=O) groups excluding carboxylic acids is 1. The number of carbonyl (C=O) groups is 1. The molecule has 0 aliphatic carbocycles. The minimum absolute atomic E-state index is 0.146. The predicted molar refractivity (Wildman–Crippen MR) is 120 cm³/mol. The molecule has 3 aromatic carbocycles. The van der Waals surface area contributed by atoms with Crippen LogP contribution in [-0.2, 0) is 6.42 Å². The van der Waals surface area contributed by atoms with Crippen LogP contribution in [0.25, 0.3) is 11.0 Å². The molecule has 0 saturated carbocycles. The minimum Gasteiger partial charge on any atom is -0.450 e. The van der Waals surface area contributed by atoms with Crippen molar-refractivity contribution in [1.82, 2.24) is 4.90 Å². The molecule has 0 spiro atoms. The van der Waals surface area contributed by atoms with E-state index in [0.29, 0.717) is 29.5 Å². The summed E-state index contributed by atoms with van der Waals surface area (Å²) in [6.07, 6.45) is 0.693. The maximum Gasteiger partial charge on any atom is 0.290 e. The van der Waals surface area contributed by atoms with Crippen molar-refractivity contribution in [2.75, 3.05) is 6.54 Å². The third kappa shape index (κ3) is 3.15. The second-order valence-corrected chi connectivity index (χ2v) is 8.28. The first-order chi connectivity index (χ1) is 14.6.